The van der Waals surface area contributed by atoms with E-state index in [1.165, 1.54) is 0 Å². The first kappa shape index (κ1) is 15.9. The number of benzene rings is 3. The molecule has 3 nitrogen and oxygen atoms in total. The van der Waals surface area contributed by atoms with E-state index in [4.69, 9.17) is 14.2 Å². The average molecular weight is 319 g/mol. The van der Waals surface area contributed by atoms with Crippen LogP contribution in [0.2, 0.25) is 0 Å². The van der Waals surface area contributed by atoms with Crippen LogP contribution >= 0.6 is 0 Å². The molecule has 0 atom stereocenters. The number of rotatable bonds is 5. The summed E-state index contributed by atoms with van der Waals surface area (Å²) < 4.78 is 16.2. The van der Waals surface area contributed by atoms with Crippen molar-refractivity contribution in [2.45, 2.75) is 0 Å². The van der Waals surface area contributed by atoms with E-state index in [2.05, 4.69) is 6.07 Å². The van der Waals surface area contributed by atoms with Crippen LogP contribution in [-0.4, -0.2) is 21.3 Å². The summed E-state index contributed by atoms with van der Waals surface area (Å²) in [6.45, 7) is 0. The van der Waals surface area contributed by atoms with Crippen molar-refractivity contribution < 1.29 is 14.2 Å². The molecule has 0 aliphatic heterocycles. The molecule has 0 heterocycles. The van der Waals surface area contributed by atoms with E-state index in [9.17, 15) is 0 Å². The quantitative estimate of drug-likeness (QED) is 0.673. The molecule has 0 N–H and O–H groups in total. The third kappa shape index (κ3) is 3.06. The molecule has 3 aromatic rings. The normalized spacial score (nSPS) is 10.3. The Morgan fingerprint density at radius 1 is 0.708 bits per heavy atom. The van der Waals surface area contributed by atoms with Crippen molar-refractivity contribution in [1.82, 2.24) is 0 Å². The topological polar surface area (TPSA) is 27.7 Å². The van der Waals surface area contributed by atoms with E-state index >= 15 is 0 Å². The van der Waals surface area contributed by atoms with E-state index < -0.39 is 0 Å². The maximum Gasteiger partial charge on any atom is 0.135 e. The summed E-state index contributed by atoms with van der Waals surface area (Å²) in [6, 6.07) is 23.0. The molecule has 0 aliphatic carbocycles. The minimum atomic E-state index is 0.705. The standard InChI is InChI=1S/C21H19O3/c1-22-17-12-10-15(11-13-17)19-8-5-9-20(24-3)21(19)16-6-4-7-18(14-16)23-2/h4-8,10-14H,1-3H3. The highest BCUT2D eigenvalue weighted by Gasteiger charge is 2.14. The summed E-state index contributed by atoms with van der Waals surface area (Å²) in [5.41, 5.74) is 4.17. The van der Waals surface area contributed by atoms with Crippen molar-refractivity contribution in [1.29, 1.82) is 0 Å². The van der Waals surface area contributed by atoms with Crippen molar-refractivity contribution in [3.05, 3.63) is 66.7 Å². The molecular formula is C21H19O3. The highest BCUT2D eigenvalue weighted by Crippen LogP contribution is 2.40. The molecule has 0 aliphatic rings. The van der Waals surface area contributed by atoms with E-state index in [-0.39, 0.29) is 0 Å². The largest absolute Gasteiger partial charge is 0.497 e. The summed E-state index contributed by atoms with van der Waals surface area (Å²) in [5.74, 6) is 2.34. The molecule has 0 saturated heterocycles. The first-order valence-electron chi connectivity index (χ1n) is 7.64. The fraction of sp³-hybridized carbons (Fsp3) is 0.143. The predicted molar refractivity (Wildman–Crippen MR) is 95.8 cm³/mol. The van der Waals surface area contributed by atoms with Crippen molar-refractivity contribution in [2.75, 3.05) is 21.3 Å². The third-order valence-corrected chi connectivity index (χ3v) is 3.92. The summed E-state index contributed by atoms with van der Waals surface area (Å²) >= 11 is 0. The maximum absolute atomic E-state index is 5.56. The second kappa shape index (κ2) is 7.09. The number of methoxy groups -OCH3 is 3. The zero-order valence-electron chi connectivity index (χ0n) is 14.0. The van der Waals surface area contributed by atoms with Crippen LogP contribution in [0.3, 0.4) is 0 Å². The fourth-order valence-electron chi connectivity index (χ4n) is 2.72. The fourth-order valence-corrected chi connectivity index (χ4v) is 2.72. The number of hydrogen-bond acceptors (Lipinski definition) is 3. The molecule has 24 heavy (non-hydrogen) atoms. The van der Waals surface area contributed by atoms with Crippen molar-refractivity contribution in [2.24, 2.45) is 0 Å². The monoisotopic (exact) mass is 319 g/mol. The smallest absolute Gasteiger partial charge is 0.135 e. The van der Waals surface area contributed by atoms with E-state index in [0.29, 0.717) is 5.75 Å². The van der Waals surface area contributed by atoms with Gasteiger partial charge in [-0.25, -0.2) is 0 Å². The second-order valence-corrected chi connectivity index (χ2v) is 5.26. The van der Waals surface area contributed by atoms with Crippen LogP contribution in [0.25, 0.3) is 22.3 Å². The van der Waals surface area contributed by atoms with Gasteiger partial charge in [-0.05, 0) is 47.0 Å². The highest BCUT2D eigenvalue weighted by atomic mass is 16.5. The summed E-state index contributed by atoms with van der Waals surface area (Å²) in [4.78, 5) is 0. The highest BCUT2D eigenvalue weighted by molar-refractivity contribution is 5.88. The van der Waals surface area contributed by atoms with Crippen molar-refractivity contribution in [3.8, 4) is 39.5 Å². The Morgan fingerprint density at radius 3 is 2.12 bits per heavy atom. The molecule has 1 radical (unpaired) electrons. The first-order chi connectivity index (χ1) is 11.8. The Kier molecular flexibility index (Phi) is 4.71. The van der Waals surface area contributed by atoms with Crippen molar-refractivity contribution >= 4 is 0 Å². The van der Waals surface area contributed by atoms with Crippen LogP contribution in [0.4, 0.5) is 0 Å². The lowest BCUT2D eigenvalue weighted by Crippen LogP contribution is -1.93. The number of ether oxygens (including phenoxy) is 3. The minimum Gasteiger partial charge on any atom is -0.497 e. The van der Waals surface area contributed by atoms with Crippen LogP contribution in [0, 0.1) is 6.07 Å². The number of hydrogen-bond donors (Lipinski definition) is 0. The molecule has 3 rings (SSSR count). The molecule has 0 bridgehead atoms. The van der Waals surface area contributed by atoms with Gasteiger partial charge in [-0.15, -0.1) is 0 Å². The zero-order chi connectivity index (χ0) is 16.9. The lowest BCUT2D eigenvalue weighted by atomic mass is 9.93. The van der Waals surface area contributed by atoms with Crippen LogP contribution in [0.5, 0.6) is 17.2 Å². The van der Waals surface area contributed by atoms with Gasteiger partial charge in [0, 0.05) is 11.6 Å². The molecular weight excluding hydrogens is 300 g/mol. The van der Waals surface area contributed by atoms with E-state index in [1.54, 1.807) is 21.3 Å². The van der Waals surface area contributed by atoms with Gasteiger partial charge in [-0.1, -0.05) is 30.3 Å². The molecule has 3 heteroatoms. The van der Waals surface area contributed by atoms with Gasteiger partial charge in [0.05, 0.1) is 21.3 Å². The van der Waals surface area contributed by atoms with E-state index in [0.717, 1.165) is 33.8 Å². The van der Waals surface area contributed by atoms with Crippen LogP contribution in [0.15, 0.2) is 60.7 Å². The lowest BCUT2D eigenvalue weighted by Gasteiger charge is -2.15. The van der Waals surface area contributed by atoms with Gasteiger partial charge in [0.1, 0.15) is 17.2 Å². The molecule has 0 fully saturated rings. The minimum absolute atomic E-state index is 0.705. The van der Waals surface area contributed by atoms with Gasteiger partial charge >= 0.3 is 0 Å². The van der Waals surface area contributed by atoms with Gasteiger partial charge in [0.25, 0.3) is 0 Å². The summed E-state index contributed by atoms with van der Waals surface area (Å²) in [7, 11) is 4.99. The van der Waals surface area contributed by atoms with Gasteiger partial charge in [0.15, 0.2) is 0 Å². The zero-order valence-corrected chi connectivity index (χ0v) is 14.0. The first-order valence-corrected chi connectivity index (χ1v) is 7.64. The SMILES string of the molecule is COc1ccc(-c2cc[c]c(OC)c2-c2cccc(OC)c2)cc1. The van der Waals surface area contributed by atoms with Gasteiger partial charge in [0.2, 0.25) is 0 Å². The average Bonchev–Trinajstić information content (AvgIpc) is 2.67. The van der Waals surface area contributed by atoms with Gasteiger partial charge in [-0.3, -0.25) is 0 Å². The molecule has 0 saturated carbocycles. The Morgan fingerprint density at radius 2 is 1.46 bits per heavy atom. The Bertz CT molecular complexity index is 823. The predicted octanol–water partition coefficient (Wildman–Crippen LogP) is 4.85. The van der Waals surface area contributed by atoms with Gasteiger partial charge in [-0.2, -0.15) is 0 Å². The third-order valence-electron chi connectivity index (χ3n) is 3.92. The molecule has 0 unspecified atom stereocenters. The molecule has 0 spiro atoms. The van der Waals surface area contributed by atoms with Crippen LogP contribution in [-0.2, 0) is 0 Å². The van der Waals surface area contributed by atoms with Crippen molar-refractivity contribution in [3.63, 3.8) is 0 Å². The molecule has 3 aromatic carbocycles. The Hall–Kier alpha value is -2.94. The van der Waals surface area contributed by atoms with Crippen LogP contribution < -0.4 is 14.2 Å². The maximum atomic E-state index is 5.56. The molecule has 121 valence electrons. The van der Waals surface area contributed by atoms with Gasteiger partial charge < -0.3 is 14.2 Å². The Labute approximate surface area is 142 Å². The lowest BCUT2D eigenvalue weighted by molar-refractivity contribution is 0.413. The summed E-state index contributed by atoms with van der Waals surface area (Å²) in [5, 5.41) is 0. The second-order valence-electron chi connectivity index (χ2n) is 5.26. The molecule has 0 aromatic heterocycles. The summed E-state index contributed by atoms with van der Waals surface area (Å²) in [6.07, 6.45) is 0. The van der Waals surface area contributed by atoms with Crippen LogP contribution in [0.1, 0.15) is 0 Å². The Balaban J connectivity index is 2.19. The molecule has 0 amide bonds. The van der Waals surface area contributed by atoms with E-state index in [1.807, 2.05) is 60.7 Å².